The predicted octanol–water partition coefficient (Wildman–Crippen LogP) is 5.02. The molecule has 0 fully saturated rings. The largest absolute Gasteiger partial charge is 0.500 e. The number of ether oxygens (including phenoxy) is 2. The van der Waals surface area contributed by atoms with Gasteiger partial charge in [0.1, 0.15) is 28.9 Å². The highest BCUT2D eigenvalue weighted by Gasteiger charge is 2.20. The Hall–Kier alpha value is -3.57. The number of aliphatic carboxylic acids is 1. The molecular formula is C24H22O5. The highest BCUT2D eigenvalue weighted by molar-refractivity contribution is 6.16. The number of methoxy groups -OCH3 is 1. The summed E-state index contributed by atoms with van der Waals surface area (Å²) in [6, 6.07) is 23.3. The first-order chi connectivity index (χ1) is 14.0. The molecule has 0 bridgehead atoms. The van der Waals surface area contributed by atoms with Gasteiger partial charge in [0, 0.05) is 5.56 Å². The Labute approximate surface area is 169 Å². The van der Waals surface area contributed by atoms with Gasteiger partial charge in [0.05, 0.1) is 7.11 Å². The maximum Gasteiger partial charge on any atom is 0.339 e. The SMILES string of the molecule is COC(C)=C(C(=O)O)c1ccccc1Oc1cccc(C(O)c2ccccc2)c1. The average Bonchev–Trinajstić information content (AvgIpc) is 2.75. The summed E-state index contributed by atoms with van der Waals surface area (Å²) in [5, 5.41) is 20.3. The van der Waals surface area contributed by atoms with Gasteiger partial charge in [-0.1, -0.05) is 60.7 Å². The van der Waals surface area contributed by atoms with E-state index >= 15 is 0 Å². The van der Waals surface area contributed by atoms with Crippen molar-refractivity contribution in [1.29, 1.82) is 0 Å². The lowest BCUT2D eigenvalue weighted by Gasteiger charge is -2.15. The van der Waals surface area contributed by atoms with E-state index in [4.69, 9.17) is 9.47 Å². The van der Waals surface area contributed by atoms with Gasteiger partial charge in [-0.05, 0) is 36.2 Å². The van der Waals surface area contributed by atoms with Crippen LogP contribution in [-0.4, -0.2) is 23.3 Å². The molecule has 1 atom stereocenters. The monoisotopic (exact) mass is 390 g/mol. The van der Waals surface area contributed by atoms with Crippen LogP contribution in [0.5, 0.6) is 11.5 Å². The zero-order valence-corrected chi connectivity index (χ0v) is 16.2. The summed E-state index contributed by atoms with van der Waals surface area (Å²) in [5.74, 6) is 0.0489. The fraction of sp³-hybridized carbons (Fsp3) is 0.125. The van der Waals surface area contributed by atoms with Crippen LogP contribution in [0, 0.1) is 0 Å². The molecule has 0 aliphatic carbocycles. The van der Waals surface area contributed by atoms with Gasteiger partial charge in [-0.25, -0.2) is 4.79 Å². The lowest BCUT2D eigenvalue weighted by Crippen LogP contribution is -2.05. The fourth-order valence-corrected chi connectivity index (χ4v) is 3.02. The third-order valence-corrected chi connectivity index (χ3v) is 4.55. The molecule has 0 aliphatic heterocycles. The molecular weight excluding hydrogens is 368 g/mol. The second-order valence-corrected chi connectivity index (χ2v) is 6.42. The number of hydrogen-bond donors (Lipinski definition) is 2. The summed E-state index contributed by atoms with van der Waals surface area (Å²) in [6.45, 7) is 1.59. The van der Waals surface area contributed by atoms with Crippen LogP contribution in [-0.2, 0) is 9.53 Å². The van der Waals surface area contributed by atoms with Crippen LogP contribution in [0.4, 0.5) is 0 Å². The van der Waals surface area contributed by atoms with E-state index < -0.39 is 12.1 Å². The van der Waals surface area contributed by atoms with E-state index in [1.165, 1.54) is 7.11 Å². The quantitative estimate of drug-likeness (QED) is 0.437. The number of carboxylic acids is 1. The van der Waals surface area contributed by atoms with Gasteiger partial charge in [0.2, 0.25) is 0 Å². The molecule has 0 aromatic heterocycles. The van der Waals surface area contributed by atoms with E-state index in [0.717, 1.165) is 5.56 Å². The molecule has 0 aliphatic rings. The second-order valence-electron chi connectivity index (χ2n) is 6.42. The van der Waals surface area contributed by atoms with Crippen molar-refractivity contribution in [1.82, 2.24) is 0 Å². The number of aliphatic hydroxyl groups excluding tert-OH is 1. The molecule has 29 heavy (non-hydrogen) atoms. The van der Waals surface area contributed by atoms with Gasteiger partial charge in [0.25, 0.3) is 0 Å². The summed E-state index contributed by atoms with van der Waals surface area (Å²) in [7, 11) is 1.43. The number of aliphatic hydroxyl groups is 1. The molecule has 0 spiro atoms. The third-order valence-electron chi connectivity index (χ3n) is 4.55. The molecule has 148 valence electrons. The smallest absolute Gasteiger partial charge is 0.339 e. The Bertz CT molecular complexity index is 1020. The van der Waals surface area contributed by atoms with Crippen LogP contribution in [0.25, 0.3) is 5.57 Å². The van der Waals surface area contributed by atoms with Crippen LogP contribution in [0.15, 0.2) is 84.6 Å². The molecule has 3 rings (SSSR count). The summed E-state index contributed by atoms with van der Waals surface area (Å²) < 4.78 is 11.1. The van der Waals surface area contributed by atoms with E-state index in [0.29, 0.717) is 22.6 Å². The number of para-hydroxylation sites is 1. The maximum absolute atomic E-state index is 11.8. The number of hydrogen-bond acceptors (Lipinski definition) is 4. The van der Waals surface area contributed by atoms with Crippen LogP contribution in [0.2, 0.25) is 0 Å². The number of benzene rings is 3. The molecule has 0 saturated heterocycles. The minimum atomic E-state index is -1.10. The average molecular weight is 390 g/mol. The standard InChI is InChI=1S/C24H22O5/c1-16(28-2)22(24(26)27)20-13-6-7-14-21(20)29-19-12-8-11-18(15-19)23(25)17-9-4-3-5-10-17/h3-15,23,25H,1-2H3,(H,26,27). The van der Waals surface area contributed by atoms with Crippen LogP contribution in [0.3, 0.4) is 0 Å². The molecule has 1 unspecified atom stereocenters. The molecule has 2 N–H and O–H groups in total. The van der Waals surface area contributed by atoms with Crippen molar-refractivity contribution in [2.75, 3.05) is 7.11 Å². The molecule has 3 aromatic rings. The Kier molecular flexibility index (Phi) is 6.32. The van der Waals surface area contributed by atoms with Gasteiger partial charge in [-0.15, -0.1) is 0 Å². The van der Waals surface area contributed by atoms with Crippen molar-refractivity contribution >= 4 is 11.5 Å². The molecule has 5 heteroatoms. The topological polar surface area (TPSA) is 76.0 Å². The fourth-order valence-electron chi connectivity index (χ4n) is 3.02. The number of carboxylic acid groups (broad SMARTS) is 1. The minimum absolute atomic E-state index is 0.0311. The van der Waals surface area contributed by atoms with Gasteiger partial charge in [-0.3, -0.25) is 0 Å². The number of carbonyl (C=O) groups is 1. The Morgan fingerprint density at radius 2 is 1.55 bits per heavy atom. The zero-order valence-electron chi connectivity index (χ0n) is 16.2. The third kappa shape index (κ3) is 4.65. The van der Waals surface area contributed by atoms with Crippen molar-refractivity contribution in [2.45, 2.75) is 13.0 Å². The van der Waals surface area contributed by atoms with Gasteiger partial charge < -0.3 is 19.7 Å². The number of allylic oxidation sites excluding steroid dienone is 1. The molecule has 0 saturated carbocycles. The van der Waals surface area contributed by atoms with Crippen molar-refractivity contribution in [3.8, 4) is 11.5 Å². The first-order valence-electron chi connectivity index (χ1n) is 9.09. The van der Waals surface area contributed by atoms with Crippen LogP contribution >= 0.6 is 0 Å². The van der Waals surface area contributed by atoms with E-state index in [-0.39, 0.29) is 11.3 Å². The summed E-state index contributed by atoms with van der Waals surface area (Å²) >= 11 is 0. The van der Waals surface area contributed by atoms with E-state index in [1.54, 1.807) is 49.4 Å². The maximum atomic E-state index is 11.8. The summed E-state index contributed by atoms with van der Waals surface area (Å²) in [4.78, 5) is 11.8. The van der Waals surface area contributed by atoms with E-state index in [1.807, 2.05) is 36.4 Å². The minimum Gasteiger partial charge on any atom is -0.500 e. The normalized spacial score (nSPS) is 12.7. The molecule has 3 aromatic carbocycles. The molecule has 0 heterocycles. The first kappa shape index (κ1) is 20.2. The van der Waals surface area contributed by atoms with Crippen molar-refractivity contribution in [3.05, 3.63) is 101 Å². The van der Waals surface area contributed by atoms with Crippen molar-refractivity contribution < 1.29 is 24.5 Å². The summed E-state index contributed by atoms with van der Waals surface area (Å²) in [5.41, 5.74) is 1.89. The van der Waals surface area contributed by atoms with Crippen molar-refractivity contribution in [3.63, 3.8) is 0 Å². The highest BCUT2D eigenvalue weighted by Crippen LogP contribution is 2.33. The number of rotatable bonds is 7. The zero-order chi connectivity index (χ0) is 20.8. The summed E-state index contributed by atoms with van der Waals surface area (Å²) in [6.07, 6.45) is -0.791. The van der Waals surface area contributed by atoms with E-state index in [9.17, 15) is 15.0 Å². The van der Waals surface area contributed by atoms with E-state index in [2.05, 4.69) is 0 Å². The van der Waals surface area contributed by atoms with Crippen LogP contribution < -0.4 is 4.74 Å². The van der Waals surface area contributed by atoms with Gasteiger partial charge >= 0.3 is 5.97 Å². The highest BCUT2D eigenvalue weighted by atomic mass is 16.5. The molecule has 0 radical (unpaired) electrons. The lowest BCUT2D eigenvalue weighted by molar-refractivity contribution is -0.130. The lowest BCUT2D eigenvalue weighted by atomic mass is 10.0. The molecule has 0 amide bonds. The second kappa shape index (κ2) is 9.08. The van der Waals surface area contributed by atoms with Crippen molar-refractivity contribution in [2.24, 2.45) is 0 Å². The predicted molar refractivity (Wildman–Crippen MR) is 111 cm³/mol. The van der Waals surface area contributed by atoms with Gasteiger partial charge in [-0.2, -0.15) is 0 Å². The Morgan fingerprint density at radius 3 is 2.24 bits per heavy atom. The van der Waals surface area contributed by atoms with Gasteiger partial charge in [0.15, 0.2) is 0 Å². The molecule has 5 nitrogen and oxygen atoms in total. The first-order valence-corrected chi connectivity index (χ1v) is 9.09. The Morgan fingerprint density at radius 1 is 0.897 bits per heavy atom. The Balaban J connectivity index is 1.95. The van der Waals surface area contributed by atoms with Crippen LogP contribution in [0.1, 0.15) is 29.7 Å².